The van der Waals surface area contributed by atoms with Gasteiger partial charge in [-0.2, -0.15) is 5.10 Å². The lowest BCUT2D eigenvalue weighted by Gasteiger charge is -2.04. The van der Waals surface area contributed by atoms with Crippen LogP contribution in [0.5, 0.6) is 5.75 Å². The van der Waals surface area contributed by atoms with E-state index in [0.29, 0.717) is 5.02 Å². The molecule has 0 saturated heterocycles. The van der Waals surface area contributed by atoms with Gasteiger partial charge in [-0.1, -0.05) is 35.4 Å². The van der Waals surface area contributed by atoms with Gasteiger partial charge in [0.05, 0.1) is 10.7 Å². The number of aryl methyl sites for hydroxylation is 1. The van der Waals surface area contributed by atoms with Crippen molar-refractivity contribution < 1.29 is 5.11 Å². The Hall–Kier alpha value is -3.11. The quantitative estimate of drug-likeness (QED) is 0.541. The SMILES string of the molecule is Cc1ccc(-n2cc(-c3ccc(Cl)c(O)c3)c(-c3ccncc3)n2)cc1. The maximum Gasteiger partial charge on any atom is 0.134 e. The Kier molecular flexibility index (Phi) is 4.19. The summed E-state index contributed by atoms with van der Waals surface area (Å²) in [6, 6.07) is 17.2. The van der Waals surface area contributed by atoms with E-state index in [1.807, 2.05) is 41.2 Å². The first-order chi connectivity index (χ1) is 12.6. The topological polar surface area (TPSA) is 50.9 Å². The summed E-state index contributed by atoms with van der Waals surface area (Å²) in [6.07, 6.45) is 5.44. The van der Waals surface area contributed by atoms with Gasteiger partial charge in [-0.3, -0.25) is 4.98 Å². The maximum absolute atomic E-state index is 10.0. The molecular weight excluding hydrogens is 346 g/mol. The third-order valence-electron chi connectivity index (χ3n) is 4.22. The minimum atomic E-state index is 0.0490. The molecule has 0 aliphatic rings. The van der Waals surface area contributed by atoms with E-state index in [-0.39, 0.29) is 5.75 Å². The Bertz CT molecular complexity index is 1060. The van der Waals surface area contributed by atoms with Gasteiger partial charge in [0, 0.05) is 29.7 Å². The van der Waals surface area contributed by atoms with Crippen LogP contribution >= 0.6 is 11.6 Å². The molecule has 0 atom stereocenters. The van der Waals surface area contributed by atoms with Gasteiger partial charge < -0.3 is 5.11 Å². The summed E-state index contributed by atoms with van der Waals surface area (Å²) in [6.45, 7) is 2.05. The lowest BCUT2D eigenvalue weighted by molar-refractivity contribution is 0.476. The zero-order chi connectivity index (χ0) is 18.1. The molecule has 0 spiro atoms. The average molecular weight is 362 g/mol. The average Bonchev–Trinajstić information content (AvgIpc) is 3.11. The third kappa shape index (κ3) is 3.07. The Labute approximate surface area is 156 Å². The molecule has 26 heavy (non-hydrogen) atoms. The number of aromatic hydroxyl groups is 1. The van der Waals surface area contributed by atoms with Crippen molar-refractivity contribution in [3.63, 3.8) is 0 Å². The van der Waals surface area contributed by atoms with Crippen molar-refractivity contribution in [2.45, 2.75) is 6.92 Å². The second-order valence-corrected chi connectivity index (χ2v) is 6.48. The van der Waals surface area contributed by atoms with E-state index in [4.69, 9.17) is 16.7 Å². The van der Waals surface area contributed by atoms with Crippen LogP contribution in [0.15, 0.2) is 73.2 Å². The molecular formula is C21H16ClN3O. The fourth-order valence-corrected chi connectivity index (χ4v) is 2.94. The van der Waals surface area contributed by atoms with Crippen molar-refractivity contribution in [3.8, 4) is 33.8 Å². The molecule has 1 N–H and O–H groups in total. The molecule has 0 aliphatic heterocycles. The van der Waals surface area contributed by atoms with Gasteiger partial charge in [0.15, 0.2) is 0 Å². The number of halogens is 1. The number of nitrogens with zero attached hydrogens (tertiary/aromatic N) is 3. The molecule has 0 aliphatic carbocycles. The molecule has 4 rings (SSSR count). The van der Waals surface area contributed by atoms with Crippen molar-refractivity contribution in [2.24, 2.45) is 0 Å². The van der Waals surface area contributed by atoms with E-state index < -0.39 is 0 Å². The van der Waals surface area contributed by atoms with E-state index in [9.17, 15) is 5.11 Å². The summed E-state index contributed by atoms with van der Waals surface area (Å²) in [5.41, 5.74) is 5.68. The van der Waals surface area contributed by atoms with E-state index in [0.717, 1.165) is 28.1 Å². The summed E-state index contributed by atoms with van der Waals surface area (Å²) >= 11 is 5.96. The smallest absolute Gasteiger partial charge is 0.134 e. The van der Waals surface area contributed by atoms with Crippen LogP contribution in [0.3, 0.4) is 0 Å². The summed E-state index contributed by atoms with van der Waals surface area (Å²) < 4.78 is 1.84. The standard InChI is InChI=1S/C21H16ClN3O/c1-14-2-5-17(6-3-14)25-13-18(16-4-7-19(22)20(26)12-16)21(24-25)15-8-10-23-11-9-15/h2-13,26H,1H3. The van der Waals surface area contributed by atoms with Crippen LogP contribution in [0.25, 0.3) is 28.1 Å². The van der Waals surface area contributed by atoms with Crippen molar-refractivity contribution in [1.29, 1.82) is 0 Å². The first-order valence-corrected chi connectivity index (χ1v) is 8.55. The van der Waals surface area contributed by atoms with Gasteiger partial charge in [0.1, 0.15) is 11.4 Å². The van der Waals surface area contributed by atoms with Gasteiger partial charge >= 0.3 is 0 Å². The first kappa shape index (κ1) is 16.4. The zero-order valence-electron chi connectivity index (χ0n) is 14.1. The van der Waals surface area contributed by atoms with Crippen LogP contribution in [0.4, 0.5) is 0 Å². The van der Waals surface area contributed by atoms with Gasteiger partial charge in [0.2, 0.25) is 0 Å². The van der Waals surface area contributed by atoms with Crippen molar-refractivity contribution in [1.82, 2.24) is 14.8 Å². The molecule has 4 aromatic rings. The Morgan fingerprint density at radius 3 is 2.35 bits per heavy atom. The molecule has 0 saturated carbocycles. The number of benzene rings is 2. The molecule has 2 heterocycles. The highest BCUT2D eigenvalue weighted by molar-refractivity contribution is 6.32. The van der Waals surface area contributed by atoms with Gasteiger partial charge in [-0.15, -0.1) is 0 Å². The first-order valence-electron chi connectivity index (χ1n) is 8.18. The van der Waals surface area contributed by atoms with Gasteiger partial charge in [0.25, 0.3) is 0 Å². The number of phenolic OH excluding ortho intramolecular Hbond substituents is 1. The predicted octanol–water partition coefficient (Wildman–Crippen LogP) is 5.27. The highest BCUT2D eigenvalue weighted by Crippen LogP contribution is 2.35. The Morgan fingerprint density at radius 2 is 1.65 bits per heavy atom. The Morgan fingerprint density at radius 1 is 0.923 bits per heavy atom. The minimum absolute atomic E-state index is 0.0490. The zero-order valence-corrected chi connectivity index (χ0v) is 14.9. The number of hydrogen-bond donors (Lipinski definition) is 1. The molecule has 128 valence electrons. The number of rotatable bonds is 3. The normalized spacial score (nSPS) is 10.8. The summed E-state index contributed by atoms with van der Waals surface area (Å²) in [7, 11) is 0. The van der Waals surface area contributed by atoms with Crippen LogP contribution in [0, 0.1) is 6.92 Å². The molecule has 0 radical (unpaired) electrons. The number of pyridine rings is 1. The maximum atomic E-state index is 10.0. The van der Waals surface area contributed by atoms with Crippen molar-refractivity contribution in [3.05, 3.63) is 83.8 Å². The summed E-state index contributed by atoms with van der Waals surface area (Å²) in [4.78, 5) is 4.08. The fraction of sp³-hybridized carbons (Fsp3) is 0.0476. The van der Waals surface area contributed by atoms with Crippen LogP contribution < -0.4 is 0 Å². The van der Waals surface area contributed by atoms with E-state index >= 15 is 0 Å². The summed E-state index contributed by atoms with van der Waals surface area (Å²) in [5.74, 6) is 0.0490. The van der Waals surface area contributed by atoms with Crippen molar-refractivity contribution in [2.75, 3.05) is 0 Å². The molecule has 2 aromatic carbocycles. The molecule has 5 heteroatoms. The van der Waals surface area contributed by atoms with Crippen molar-refractivity contribution >= 4 is 11.6 Å². The fourth-order valence-electron chi connectivity index (χ4n) is 2.82. The highest BCUT2D eigenvalue weighted by atomic mass is 35.5. The number of hydrogen-bond acceptors (Lipinski definition) is 3. The van der Waals surface area contributed by atoms with Crippen LogP contribution in [-0.4, -0.2) is 19.9 Å². The van der Waals surface area contributed by atoms with Crippen LogP contribution in [-0.2, 0) is 0 Å². The third-order valence-corrected chi connectivity index (χ3v) is 4.54. The van der Waals surface area contributed by atoms with E-state index in [1.54, 1.807) is 24.5 Å². The summed E-state index contributed by atoms with van der Waals surface area (Å²) in [5, 5.41) is 15.1. The lowest BCUT2D eigenvalue weighted by atomic mass is 10.0. The Balaban J connectivity index is 1.90. The number of aromatic nitrogens is 3. The van der Waals surface area contributed by atoms with Gasteiger partial charge in [-0.25, -0.2) is 4.68 Å². The highest BCUT2D eigenvalue weighted by Gasteiger charge is 2.15. The molecule has 0 bridgehead atoms. The van der Waals surface area contributed by atoms with Crippen LogP contribution in [0.2, 0.25) is 5.02 Å². The molecule has 0 unspecified atom stereocenters. The van der Waals surface area contributed by atoms with Gasteiger partial charge in [-0.05, 0) is 48.9 Å². The predicted molar refractivity (Wildman–Crippen MR) is 104 cm³/mol. The molecule has 2 aromatic heterocycles. The molecule has 0 amide bonds. The second kappa shape index (κ2) is 6.65. The van der Waals surface area contributed by atoms with Crippen LogP contribution in [0.1, 0.15) is 5.56 Å². The van der Waals surface area contributed by atoms with E-state index in [2.05, 4.69) is 24.0 Å². The molecule has 4 nitrogen and oxygen atoms in total. The minimum Gasteiger partial charge on any atom is -0.506 e. The largest absolute Gasteiger partial charge is 0.506 e. The monoisotopic (exact) mass is 361 g/mol. The molecule has 0 fully saturated rings. The number of phenols is 1. The second-order valence-electron chi connectivity index (χ2n) is 6.07. The van der Waals surface area contributed by atoms with E-state index in [1.165, 1.54) is 5.56 Å². The lowest BCUT2D eigenvalue weighted by Crippen LogP contribution is -1.94.